The van der Waals surface area contributed by atoms with Crippen LogP contribution in [-0.2, 0) is 8.85 Å². The lowest BCUT2D eigenvalue weighted by molar-refractivity contribution is 0.303. The Balaban J connectivity index is 2.06. The predicted octanol–water partition coefficient (Wildman–Crippen LogP) is 2.86. The number of rotatable bonds is 7. The molecule has 1 radical (unpaired) electrons. The highest BCUT2D eigenvalue weighted by Crippen LogP contribution is 2.30. The Labute approximate surface area is 82.8 Å². The van der Waals surface area contributed by atoms with Crippen molar-refractivity contribution in [3.05, 3.63) is 12.3 Å². The van der Waals surface area contributed by atoms with Gasteiger partial charge in [-0.05, 0) is 24.8 Å². The molecule has 1 aliphatic rings. The molecule has 0 bridgehead atoms. The Morgan fingerprint density at radius 1 is 1.46 bits per heavy atom. The molecule has 0 heterocycles. The van der Waals surface area contributed by atoms with Crippen LogP contribution >= 0.6 is 0 Å². The van der Waals surface area contributed by atoms with Gasteiger partial charge in [0.1, 0.15) is 0 Å². The van der Waals surface area contributed by atoms with E-state index >= 15 is 0 Å². The van der Waals surface area contributed by atoms with E-state index in [9.17, 15) is 0 Å². The largest absolute Gasteiger partial charge is 0.525 e. The summed E-state index contributed by atoms with van der Waals surface area (Å²) < 4.78 is 10.8. The lowest BCUT2D eigenvalue weighted by Gasteiger charge is -2.09. The number of hydrogen-bond donors (Lipinski definition) is 0. The van der Waals surface area contributed by atoms with Crippen molar-refractivity contribution in [2.45, 2.75) is 38.7 Å². The first kappa shape index (κ1) is 10.8. The lowest BCUT2D eigenvalue weighted by Crippen LogP contribution is -2.17. The summed E-state index contributed by atoms with van der Waals surface area (Å²) in [5.41, 5.74) is 0. The van der Waals surface area contributed by atoms with Crippen LogP contribution < -0.4 is 0 Å². The van der Waals surface area contributed by atoms with Gasteiger partial charge in [0.2, 0.25) is 0 Å². The highest BCUT2D eigenvalue weighted by molar-refractivity contribution is 6.44. The second-order valence-corrected chi connectivity index (χ2v) is 5.35. The molecular formula is C10H19O2Si. The van der Waals surface area contributed by atoms with E-state index in [1.54, 1.807) is 7.11 Å². The van der Waals surface area contributed by atoms with Gasteiger partial charge in [-0.15, -0.1) is 0 Å². The van der Waals surface area contributed by atoms with E-state index in [1.807, 2.05) is 6.26 Å². The molecule has 0 aromatic carbocycles. The van der Waals surface area contributed by atoms with Crippen molar-refractivity contribution in [2.24, 2.45) is 5.92 Å². The predicted molar refractivity (Wildman–Crippen MR) is 55.4 cm³/mol. The fourth-order valence-electron chi connectivity index (χ4n) is 1.05. The summed E-state index contributed by atoms with van der Waals surface area (Å²) in [6.45, 7) is 2.19. The molecule has 0 unspecified atom stereocenters. The zero-order valence-electron chi connectivity index (χ0n) is 8.58. The Kier molecular flexibility index (Phi) is 5.16. The van der Waals surface area contributed by atoms with Gasteiger partial charge in [-0.25, -0.2) is 0 Å². The van der Waals surface area contributed by atoms with Crippen molar-refractivity contribution in [1.29, 1.82) is 0 Å². The highest BCUT2D eigenvalue weighted by Gasteiger charge is 2.18. The molecule has 2 nitrogen and oxygen atoms in total. The summed E-state index contributed by atoms with van der Waals surface area (Å²) in [5.74, 6) is 0.797. The first-order valence-corrected chi connectivity index (χ1v) is 6.62. The lowest BCUT2D eigenvalue weighted by atomic mass is 10.4. The van der Waals surface area contributed by atoms with Crippen molar-refractivity contribution >= 4 is 9.28 Å². The Bertz CT molecular complexity index is 155. The molecule has 0 saturated heterocycles. The van der Waals surface area contributed by atoms with Gasteiger partial charge in [0.05, 0.1) is 6.26 Å². The van der Waals surface area contributed by atoms with Crippen LogP contribution in [0.5, 0.6) is 0 Å². The molecule has 0 spiro atoms. The Morgan fingerprint density at radius 2 is 2.23 bits per heavy atom. The van der Waals surface area contributed by atoms with Crippen LogP contribution in [0, 0.1) is 5.92 Å². The average molecular weight is 199 g/mol. The fourth-order valence-corrected chi connectivity index (χ4v) is 2.34. The molecule has 1 saturated carbocycles. The number of hydrogen-bond acceptors (Lipinski definition) is 2. The molecule has 1 rings (SSSR count). The van der Waals surface area contributed by atoms with E-state index in [4.69, 9.17) is 8.85 Å². The van der Waals surface area contributed by atoms with E-state index in [0.717, 1.165) is 12.0 Å². The van der Waals surface area contributed by atoms with Crippen LogP contribution in [0.3, 0.4) is 0 Å². The summed E-state index contributed by atoms with van der Waals surface area (Å²) in [6.07, 6.45) is 9.11. The molecule has 13 heavy (non-hydrogen) atoms. The molecule has 0 N–H and O–H groups in total. The van der Waals surface area contributed by atoms with Crippen LogP contribution in [0.15, 0.2) is 12.3 Å². The molecule has 0 atom stereocenters. The van der Waals surface area contributed by atoms with E-state index in [1.165, 1.54) is 25.7 Å². The molecule has 75 valence electrons. The van der Waals surface area contributed by atoms with Gasteiger partial charge in [0, 0.05) is 13.2 Å². The minimum atomic E-state index is -1.00. The zero-order valence-corrected chi connectivity index (χ0v) is 9.58. The molecule has 0 aromatic rings. The standard InChI is InChI=1S/C10H19O2Si/c1-3-4-9-13(11-2)12-8-7-10-5-6-10/h7-8,10H,3-6,9H2,1-2H3. The minimum Gasteiger partial charge on any atom is -0.525 e. The Hall–Kier alpha value is -0.283. The van der Waals surface area contributed by atoms with Gasteiger partial charge in [-0.3, -0.25) is 0 Å². The van der Waals surface area contributed by atoms with Crippen LogP contribution in [0.4, 0.5) is 0 Å². The SMILES string of the molecule is CCCC[Si](OC)OC=CC1CC1. The molecule has 3 heteroatoms. The van der Waals surface area contributed by atoms with Crippen molar-refractivity contribution in [3.8, 4) is 0 Å². The van der Waals surface area contributed by atoms with Gasteiger partial charge >= 0.3 is 9.28 Å². The maximum atomic E-state index is 5.54. The minimum absolute atomic E-state index is 0.797. The van der Waals surface area contributed by atoms with Gasteiger partial charge in [-0.1, -0.05) is 19.8 Å². The number of unbranched alkanes of at least 4 members (excludes halogenated alkanes) is 1. The first-order valence-electron chi connectivity index (χ1n) is 5.10. The summed E-state index contributed by atoms with van der Waals surface area (Å²) in [5, 5.41) is 0. The second kappa shape index (κ2) is 6.21. The third-order valence-corrected chi connectivity index (χ3v) is 3.75. The first-order chi connectivity index (χ1) is 6.36. The molecule has 0 amide bonds. The van der Waals surface area contributed by atoms with Crippen LogP contribution in [0.1, 0.15) is 32.6 Å². The van der Waals surface area contributed by atoms with Crippen LogP contribution in [0.25, 0.3) is 0 Å². The normalized spacial score (nSPS) is 17.2. The molecule has 1 aliphatic carbocycles. The quantitative estimate of drug-likeness (QED) is 0.463. The third kappa shape index (κ3) is 5.11. The van der Waals surface area contributed by atoms with E-state index < -0.39 is 9.28 Å². The average Bonchev–Trinajstić information content (AvgIpc) is 2.94. The van der Waals surface area contributed by atoms with Crippen LogP contribution in [-0.4, -0.2) is 16.4 Å². The van der Waals surface area contributed by atoms with Crippen molar-refractivity contribution in [1.82, 2.24) is 0 Å². The van der Waals surface area contributed by atoms with Gasteiger partial charge < -0.3 is 8.85 Å². The maximum Gasteiger partial charge on any atom is 0.457 e. The summed E-state index contributed by atoms with van der Waals surface area (Å²) >= 11 is 0. The highest BCUT2D eigenvalue weighted by atomic mass is 28.3. The van der Waals surface area contributed by atoms with Crippen molar-refractivity contribution in [3.63, 3.8) is 0 Å². The number of allylic oxidation sites excluding steroid dienone is 1. The molecule has 1 fully saturated rings. The van der Waals surface area contributed by atoms with Gasteiger partial charge in [0.15, 0.2) is 0 Å². The monoisotopic (exact) mass is 199 g/mol. The zero-order chi connectivity index (χ0) is 9.52. The second-order valence-electron chi connectivity index (χ2n) is 3.46. The summed E-state index contributed by atoms with van der Waals surface area (Å²) in [4.78, 5) is 0. The van der Waals surface area contributed by atoms with E-state index in [0.29, 0.717) is 0 Å². The van der Waals surface area contributed by atoms with E-state index in [2.05, 4.69) is 13.0 Å². The third-order valence-electron chi connectivity index (χ3n) is 2.13. The van der Waals surface area contributed by atoms with Gasteiger partial charge in [-0.2, -0.15) is 0 Å². The fraction of sp³-hybridized carbons (Fsp3) is 0.800. The molecule has 0 aromatic heterocycles. The van der Waals surface area contributed by atoms with E-state index in [-0.39, 0.29) is 0 Å². The van der Waals surface area contributed by atoms with Crippen molar-refractivity contribution < 1.29 is 8.85 Å². The topological polar surface area (TPSA) is 18.5 Å². The summed E-state index contributed by atoms with van der Waals surface area (Å²) in [7, 11) is 0.744. The summed E-state index contributed by atoms with van der Waals surface area (Å²) in [6, 6.07) is 1.09. The smallest absolute Gasteiger partial charge is 0.457 e. The molecule has 0 aliphatic heterocycles. The Morgan fingerprint density at radius 3 is 2.77 bits per heavy atom. The molecular weight excluding hydrogens is 180 g/mol. The van der Waals surface area contributed by atoms with Gasteiger partial charge in [0.25, 0.3) is 0 Å². The van der Waals surface area contributed by atoms with Crippen LogP contribution in [0.2, 0.25) is 6.04 Å². The van der Waals surface area contributed by atoms with Crippen molar-refractivity contribution in [2.75, 3.05) is 7.11 Å². The maximum absolute atomic E-state index is 5.54.